The van der Waals surface area contributed by atoms with Crippen molar-refractivity contribution in [2.45, 2.75) is 64.2 Å². The summed E-state index contributed by atoms with van der Waals surface area (Å²) < 4.78 is 5.32. The normalized spacial score (nSPS) is 17.1. The Hall–Kier alpha value is -3.92. The van der Waals surface area contributed by atoms with Crippen molar-refractivity contribution < 1.29 is 23.9 Å². The van der Waals surface area contributed by atoms with Gasteiger partial charge in [-0.05, 0) is 61.6 Å². The molecule has 0 aromatic heterocycles. The highest BCUT2D eigenvalue weighted by atomic mass is 16.5. The molecule has 0 bridgehead atoms. The number of rotatable bonds is 12. The minimum absolute atomic E-state index is 0.181. The van der Waals surface area contributed by atoms with E-state index >= 15 is 0 Å². The summed E-state index contributed by atoms with van der Waals surface area (Å²) in [5.74, 6) is -1.15. The van der Waals surface area contributed by atoms with Crippen LogP contribution in [0.5, 0.6) is 5.75 Å². The first-order chi connectivity index (χ1) is 19.0. The molecule has 216 valence electrons. The summed E-state index contributed by atoms with van der Waals surface area (Å²) in [6.45, 7) is 5.79. The lowest BCUT2D eigenvalue weighted by molar-refractivity contribution is -0.143. The van der Waals surface area contributed by atoms with E-state index < -0.39 is 36.0 Å². The summed E-state index contributed by atoms with van der Waals surface area (Å²) >= 11 is 0. The summed E-state index contributed by atoms with van der Waals surface area (Å²) in [5.41, 5.74) is 8.41. The molecule has 1 saturated heterocycles. The molecule has 3 rings (SSSR count). The van der Waals surface area contributed by atoms with Gasteiger partial charge in [0.15, 0.2) is 0 Å². The minimum atomic E-state index is -0.956. The van der Waals surface area contributed by atoms with Gasteiger partial charge in [-0.25, -0.2) is 0 Å². The molecule has 1 fully saturated rings. The van der Waals surface area contributed by atoms with Gasteiger partial charge < -0.3 is 31.3 Å². The SMILES string of the molecule is CN[C@@H](C)C(=O)N[C@H](C(=O)N1CCC[C@H]1C(=O)N[C@@H](Cc1cccc(-c2cccc(OC)c2)c1)C(N)=O)C(C)C. The first-order valence-electron chi connectivity index (χ1n) is 13.7. The van der Waals surface area contributed by atoms with Gasteiger partial charge in [0.1, 0.15) is 23.9 Å². The van der Waals surface area contributed by atoms with Crippen LogP contribution < -0.4 is 26.4 Å². The van der Waals surface area contributed by atoms with Crippen LogP contribution in [0.25, 0.3) is 11.1 Å². The van der Waals surface area contributed by atoms with Crippen LogP contribution in [0.4, 0.5) is 0 Å². The standard InChI is InChI=1S/C30H41N5O5/c1-18(2)26(34-28(37)19(3)32-4)30(39)35-14-8-13-25(35)29(38)33-24(27(31)36)16-20-9-6-10-21(15-20)22-11-7-12-23(17-22)40-5/h6-7,9-12,15,17-19,24-26,32H,8,13-14,16H2,1-5H3,(H2,31,36)(H,33,38)(H,34,37)/t19-,24-,25-,26-/m0/s1. The van der Waals surface area contributed by atoms with E-state index in [0.717, 1.165) is 22.4 Å². The van der Waals surface area contributed by atoms with Crippen LogP contribution in [0.1, 0.15) is 39.2 Å². The minimum Gasteiger partial charge on any atom is -0.497 e. The second-order valence-corrected chi connectivity index (χ2v) is 10.5. The fraction of sp³-hybridized carbons (Fsp3) is 0.467. The topological polar surface area (TPSA) is 143 Å². The highest BCUT2D eigenvalue weighted by Crippen LogP contribution is 2.25. The fourth-order valence-electron chi connectivity index (χ4n) is 4.81. The zero-order chi connectivity index (χ0) is 29.4. The van der Waals surface area contributed by atoms with Crippen LogP contribution in [-0.4, -0.2) is 73.4 Å². The Bertz CT molecular complexity index is 1220. The molecule has 0 unspecified atom stereocenters. The van der Waals surface area contributed by atoms with Crippen molar-refractivity contribution in [2.24, 2.45) is 11.7 Å². The lowest BCUT2D eigenvalue weighted by Gasteiger charge is -2.31. The van der Waals surface area contributed by atoms with Crippen molar-refractivity contribution in [2.75, 3.05) is 20.7 Å². The molecule has 0 aliphatic carbocycles. The number of likely N-dealkylation sites (tertiary alicyclic amines) is 1. The van der Waals surface area contributed by atoms with E-state index in [1.165, 1.54) is 4.90 Å². The third kappa shape index (κ3) is 7.59. The van der Waals surface area contributed by atoms with Crippen molar-refractivity contribution in [1.82, 2.24) is 20.9 Å². The number of ether oxygens (including phenoxy) is 1. The highest BCUT2D eigenvalue weighted by molar-refractivity contribution is 5.95. The lowest BCUT2D eigenvalue weighted by Crippen LogP contribution is -2.58. The van der Waals surface area contributed by atoms with Crippen molar-refractivity contribution in [3.05, 3.63) is 54.1 Å². The number of nitrogens with two attached hydrogens (primary N) is 1. The van der Waals surface area contributed by atoms with Gasteiger partial charge in [0.05, 0.1) is 13.2 Å². The summed E-state index contributed by atoms with van der Waals surface area (Å²) in [5, 5.41) is 8.46. The van der Waals surface area contributed by atoms with Crippen molar-refractivity contribution in [3.63, 3.8) is 0 Å². The zero-order valence-corrected chi connectivity index (χ0v) is 23.9. The predicted octanol–water partition coefficient (Wildman–Crippen LogP) is 1.61. The number of hydrogen-bond donors (Lipinski definition) is 4. The Morgan fingerprint density at radius 2 is 1.70 bits per heavy atom. The highest BCUT2D eigenvalue weighted by Gasteiger charge is 2.39. The van der Waals surface area contributed by atoms with Crippen molar-refractivity contribution in [3.8, 4) is 16.9 Å². The number of benzene rings is 2. The van der Waals surface area contributed by atoms with Gasteiger partial charge in [-0.15, -0.1) is 0 Å². The molecule has 0 saturated carbocycles. The number of likely N-dealkylation sites (N-methyl/N-ethyl adjacent to an activating group) is 1. The molecule has 5 N–H and O–H groups in total. The predicted molar refractivity (Wildman–Crippen MR) is 153 cm³/mol. The summed E-state index contributed by atoms with van der Waals surface area (Å²) in [4.78, 5) is 53.2. The van der Waals surface area contributed by atoms with Gasteiger partial charge in [-0.2, -0.15) is 0 Å². The molecule has 2 aromatic rings. The van der Waals surface area contributed by atoms with E-state index in [-0.39, 0.29) is 24.2 Å². The number of carbonyl (C=O) groups excluding carboxylic acids is 4. The van der Waals surface area contributed by atoms with E-state index in [2.05, 4.69) is 16.0 Å². The molecule has 1 aliphatic heterocycles. The molecule has 10 nitrogen and oxygen atoms in total. The van der Waals surface area contributed by atoms with E-state index in [4.69, 9.17) is 10.5 Å². The molecule has 4 atom stereocenters. The van der Waals surface area contributed by atoms with Crippen molar-refractivity contribution in [1.29, 1.82) is 0 Å². The third-order valence-corrected chi connectivity index (χ3v) is 7.33. The lowest BCUT2D eigenvalue weighted by atomic mass is 9.98. The second kappa shape index (κ2) is 13.9. The molecule has 0 spiro atoms. The number of carbonyl (C=O) groups is 4. The molecule has 1 heterocycles. The maximum Gasteiger partial charge on any atom is 0.246 e. The Balaban J connectivity index is 1.73. The van der Waals surface area contributed by atoms with Gasteiger partial charge in [-0.1, -0.05) is 50.2 Å². The molecule has 10 heteroatoms. The van der Waals surface area contributed by atoms with E-state index in [9.17, 15) is 19.2 Å². The van der Waals surface area contributed by atoms with Gasteiger partial charge in [0.2, 0.25) is 23.6 Å². The van der Waals surface area contributed by atoms with Crippen LogP contribution in [0.15, 0.2) is 48.5 Å². The van der Waals surface area contributed by atoms with Gasteiger partial charge in [0, 0.05) is 13.0 Å². The first-order valence-corrected chi connectivity index (χ1v) is 13.7. The smallest absolute Gasteiger partial charge is 0.246 e. The molecule has 0 radical (unpaired) electrons. The Morgan fingerprint density at radius 1 is 1.02 bits per heavy atom. The van der Waals surface area contributed by atoms with E-state index in [1.54, 1.807) is 21.1 Å². The zero-order valence-electron chi connectivity index (χ0n) is 23.9. The summed E-state index contributed by atoms with van der Waals surface area (Å²) in [6.07, 6.45) is 1.30. The second-order valence-electron chi connectivity index (χ2n) is 10.5. The molecule has 2 aromatic carbocycles. The van der Waals surface area contributed by atoms with Crippen LogP contribution in [0, 0.1) is 5.92 Å². The van der Waals surface area contributed by atoms with Crippen LogP contribution >= 0.6 is 0 Å². The van der Waals surface area contributed by atoms with Gasteiger partial charge in [-0.3, -0.25) is 19.2 Å². The number of nitrogens with one attached hydrogen (secondary N) is 3. The molecular weight excluding hydrogens is 510 g/mol. The van der Waals surface area contributed by atoms with Crippen LogP contribution in [0.2, 0.25) is 0 Å². The largest absolute Gasteiger partial charge is 0.497 e. The summed E-state index contributed by atoms with van der Waals surface area (Å²) in [7, 11) is 3.28. The molecule has 1 aliphatic rings. The Labute approximate surface area is 236 Å². The Kier molecular flexibility index (Phi) is 10.7. The fourth-order valence-corrected chi connectivity index (χ4v) is 4.81. The van der Waals surface area contributed by atoms with Crippen molar-refractivity contribution >= 4 is 23.6 Å². The molecular formula is C30H41N5O5. The van der Waals surface area contributed by atoms with Gasteiger partial charge in [0.25, 0.3) is 0 Å². The Morgan fingerprint density at radius 3 is 2.33 bits per heavy atom. The monoisotopic (exact) mass is 551 g/mol. The molecule has 4 amide bonds. The molecule has 40 heavy (non-hydrogen) atoms. The number of hydrogen-bond acceptors (Lipinski definition) is 6. The maximum absolute atomic E-state index is 13.5. The quantitative estimate of drug-likeness (QED) is 0.316. The van der Waals surface area contributed by atoms with Gasteiger partial charge >= 0.3 is 0 Å². The van der Waals surface area contributed by atoms with Crippen LogP contribution in [0.3, 0.4) is 0 Å². The maximum atomic E-state index is 13.5. The number of nitrogens with zero attached hydrogens (tertiary/aromatic N) is 1. The van der Waals surface area contributed by atoms with E-state index in [0.29, 0.717) is 19.4 Å². The summed E-state index contributed by atoms with van der Waals surface area (Å²) in [6, 6.07) is 12.4. The van der Waals surface area contributed by atoms with Crippen LogP contribution in [-0.2, 0) is 25.6 Å². The number of amides is 4. The van der Waals surface area contributed by atoms with E-state index in [1.807, 2.05) is 62.4 Å². The average Bonchev–Trinajstić information content (AvgIpc) is 3.45. The first kappa shape index (κ1) is 30.6. The average molecular weight is 552 g/mol. The number of primary amides is 1. The third-order valence-electron chi connectivity index (χ3n) is 7.33. The number of methoxy groups -OCH3 is 1.